The van der Waals surface area contributed by atoms with Crippen molar-refractivity contribution < 1.29 is 0 Å². The van der Waals surface area contributed by atoms with E-state index in [-0.39, 0.29) is 0 Å². The van der Waals surface area contributed by atoms with Crippen LogP contribution in [0.1, 0.15) is 26.2 Å². The lowest BCUT2D eigenvalue weighted by atomic mass is 9.95. The molecule has 1 saturated heterocycles. The van der Waals surface area contributed by atoms with Gasteiger partial charge in [0.1, 0.15) is 0 Å². The monoisotopic (exact) mass is 255 g/mol. The Morgan fingerprint density at radius 3 is 3.11 bits per heavy atom. The Labute approximate surface area is 114 Å². The van der Waals surface area contributed by atoms with Crippen molar-refractivity contribution in [3.05, 3.63) is 30.5 Å². The zero-order valence-electron chi connectivity index (χ0n) is 11.5. The van der Waals surface area contributed by atoms with Crippen molar-refractivity contribution in [3.63, 3.8) is 0 Å². The van der Waals surface area contributed by atoms with E-state index in [0.717, 1.165) is 23.7 Å². The number of benzene rings is 1. The van der Waals surface area contributed by atoms with Crippen LogP contribution in [0.4, 0.5) is 11.4 Å². The van der Waals surface area contributed by atoms with E-state index in [1.807, 2.05) is 18.3 Å². The highest BCUT2D eigenvalue weighted by Gasteiger charge is 2.20. The lowest BCUT2D eigenvalue weighted by molar-refractivity contribution is 0.405. The molecule has 2 aromatic rings. The second-order valence-electron chi connectivity index (χ2n) is 5.47. The third-order valence-electron chi connectivity index (χ3n) is 4.18. The molecular weight excluding hydrogens is 234 g/mol. The number of piperidine rings is 1. The van der Waals surface area contributed by atoms with E-state index in [1.54, 1.807) is 0 Å². The van der Waals surface area contributed by atoms with Crippen molar-refractivity contribution in [1.82, 2.24) is 4.98 Å². The Morgan fingerprint density at radius 2 is 2.26 bits per heavy atom. The van der Waals surface area contributed by atoms with E-state index in [0.29, 0.717) is 0 Å². The molecule has 2 heterocycles. The van der Waals surface area contributed by atoms with Crippen LogP contribution in [0, 0.1) is 5.92 Å². The van der Waals surface area contributed by atoms with Gasteiger partial charge in [-0.3, -0.25) is 4.98 Å². The van der Waals surface area contributed by atoms with E-state index in [4.69, 9.17) is 5.73 Å². The first-order valence-corrected chi connectivity index (χ1v) is 7.17. The minimum Gasteiger partial charge on any atom is -0.399 e. The number of nitrogen functional groups attached to an aromatic ring is 1. The van der Waals surface area contributed by atoms with Gasteiger partial charge in [0.15, 0.2) is 0 Å². The Bertz CT molecular complexity index is 579. The number of nitrogens with zero attached hydrogens (tertiary/aromatic N) is 2. The fraction of sp³-hybridized carbons (Fsp3) is 0.438. The Morgan fingerprint density at radius 1 is 1.37 bits per heavy atom. The average molecular weight is 255 g/mol. The van der Waals surface area contributed by atoms with Crippen LogP contribution >= 0.6 is 0 Å². The van der Waals surface area contributed by atoms with Crippen molar-refractivity contribution in [2.75, 3.05) is 23.7 Å². The first-order valence-electron chi connectivity index (χ1n) is 7.17. The lowest BCUT2D eigenvalue weighted by Gasteiger charge is -2.34. The molecule has 1 fully saturated rings. The van der Waals surface area contributed by atoms with E-state index in [9.17, 15) is 0 Å². The minimum absolute atomic E-state index is 0.780. The van der Waals surface area contributed by atoms with Gasteiger partial charge in [0.25, 0.3) is 0 Å². The van der Waals surface area contributed by atoms with Crippen LogP contribution < -0.4 is 10.6 Å². The third kappa shape index (κ3) is 2.37. The Balaban J connectivity index is 2.00. The summed E-state index contributed by atoms with van der Waals surface area (Å²) in [5, 5.41) is 1.22. The van der Waals surface area contributed by atoms with E-state index < -0.39 is 0 Å². The van der Waals surface area contributed by atoms with Gasteiger partial charge in [0, 0.05) is 36.0 Å². The molecule has 0 saturated carbocycles. The maximum atomic E-state index is 5.84. The smallest absolute Gasteiger partial charge is 0.0743 e. The van der Waals surface area contributed by atoms with Crippen molar-refractivity contribution in [2.45, 2.75) is 26.2 Å². The molecule has 3 heteroatoms. The van der Waals surface area contributed by atoms with Crippen LogP contribution in [-0.2, 0) is 0 Å². The molecule has 19 heavy (non-hydrogen) atoms. The number of rotatable bonds is 2. The number of pyridine rings is 1. The summed E-state index contributed by atoms with van der Waals surface area (Å²) in [5.41, 5.74) is 8.93. The quantitative estimate of drug-likeness (QED) is 0.836. The van der Waals surface area contributed by atoms with Crippen LogP contribution in [0.3, 0.4) is 0 Å². The minimum atomic E-state index is 0.780. The van der Waals surface area contributed by atoms with Gasteiger partial charge >= 0.3 is 0 Å². The van der Waals surface area contributed by atoms with Crippen molar-refractivity contribution in [3.8, 4) is 0 Å². The summed E-state index contributed by atoms with van der Waals surface area (Å²) in [4.78, 5) is 6.94. The molecule has 0 amide bonds. The highest BCUT2D eigenvalue weighted by Crippen LogP contribution is 2.30. The van der Waals surface area contributed by atoms with E-state index in [1.165, 1.54) is 36.9 Å². The average Bonchev–Trinajstić information content (AvgIpc) is 2.46. The normalized spacial score (nSPS) is 19.8. The standard InChI is InChI=1S/C16H21N3/c1-2-12-4-3-9-19(11-12)16-7-8-18-15-10-13(17)5-6-14(15)16/h5-8,10,12H,2-4,9,11,17H2,1H3. The molecule has 3 rings (SSSR count). The van der Waals surface area contributed by atoms with Crippen molar-refractivity contribution in [1.29, 1.82) is 0 Å². The first-order chi connectivity index (χ1) is 9.28. The predicted octanol–water partition coefficient (Wildman–Crippen LogP) is 3.44. The number of nitrogens with two attached hydrogens (primary N) is 1. The molecule has 1 aromatic carbocycles. The Hall–Kier alpha value is -1.77. The molecule has 0 spiro atoms. The van der Waals surface area contributed by atoms with Crippen LogP contribution in [0.5, 0.6) is 0 Å². The van der Waals surface area contributed by atoms with Gasteiger partial charge in [0.05, 0.1) is 5.52 Å². The molecular formula is C16H21N3. The maximum absolute atomic E-state index is 5.84. The second-order valence-corrected chi connectivity index (χ2v) is 5.47. The van der Waals surface area contributed by atoms with E-state index >= 15 is 0 Å². The third-order valence-corrected chi connectivity index (χ3v) is 4.18. The topological polar surface area (TPSA) is 42.2 Å². The molecule has 1 aliphatic rings. The molecule has 3 nitrogen and oxygen atoms in total. The van der Waals surface area contributed by atoms with Crippen LogP contribution in [-0.4, -0.2) is 18.1 Å². The van der Waals surface area contributed by atoms with Gasteiger partial charge in [-0.05, 0) is 43.0 Å². The summed E-state index contributed by atoms with van der Waals surface area (Å²) in [6.45, 7) is 4.61. The van der Waals surface area contributed by atoms with Gasteiger partial charge in [-0.15, -0.1) is 0 Å². The van der Waals surface area contributed by atoms with Crippen LogP contribution in [0.2, 0.25) is 0 Å². The number of hydrogen-bond acceptors (Lipinski definition) is 3. The maximum Gasteiger partial charge on any atom is 0.0743 e. The highest BCUT2D eigenvalue weighted by molar-refractivity contribution is 5.93. The molecule has 0 aliphatic carbocycles. The molecule has 2 N–H and O–H groups in total. The molecule has 1 aliphatic heterocycles. The Kier molecular flexibility index (Phi) is 3.28. The number of anilines is 2. The fourth-order valence-corrected chi connectivity index (χ4v) is 3.04. The summed E-state index contributed by atoms with van der Waals surface area (Å²) < 4.78 is 0. The largest absolute Gasteiger partial charge is 0.399 e. The molecule has 1 aromatic heterocycles. The summed E-state index contributed by atoms with van der Waals surface area (Å²) in [6, 6.07) is 8.16. The van der Waals surface area contributed by atoms with Crippen molar-refractivity contribution >= 4 is 22.3 Å². The van der Waals surface area contributed by atoms with Crippen molar-refractivity contribution in [2.24, 2.45) is 5.92 Å². The van der Waals surface area contributed by atoms with Gasteiger partial charge in [0.2, 0.25) is 0 Å². The second kappa shape index (κ2) is 5.08. The lowest BCUT2D eigenvalue weighted by Crippen LogP contribution is -2.35. The summed E-state index contributed by atoms with van der Waals surface area (Å²) in [7, 11) is 0. The highest BCUT2D eigenvalue weighted by atomic mass is 15.1. The molecule has 1 atom stereocenters. The molecule has 0 bridgehead atoms. The zero-order valence-corrected chi connectivity index (χ0v) is 11.5. The van der Waals surface area contributed by atoms with Gasteiger partial charge in [-0.2, -0.15) is 0 Å². The van der Waals surface area contributed by atoms with Gasteiger partial charge in [-0.25, -0.2) is 0 Å². The number of hydrogen-bond donors (Lipinski definition) is 1. The molecule has 100 valence electrons. The SMILES string of the molecule is CCC1CCCN(c2ccnc3cc(N)ccc23)C1. The fourth-order valence-electron chi connectivity index (χ4n) is 3.04. The number of aromatic nitrogens is 1. The summed E-state index contributed by atoms with van der Waals surface area (Å²) in [5.74, 6) is 0.825. The van der Waals surface area contributed by atoms with E-state index in [2.05, 4.69) is 28.9 Å². The first kappa shape index (κ1) is 12.3. The van der Waals surface area contributed by atoms with Gasteiger partial charge in [-0.1, -0.05) is 13.3 Å². The summed E-state index contributed by atoms with van der Waals surface area (Å²) >= 11 is 0. The van der Waals surface area contributed by atoms with Gasteiger partial charge < -0.3 is 10.6 Å². The zero-order chi connectivity index (χ0) is 13.2. The molecule has 0 radical (unpaired) electrons. The van der Waals surface area contributed by atoms with Crippen LogP contribution in [0.15, 0.2) is 30.5 Å². The predicted molar refractivity (Wildman–Crippen MR) is 81.4 cm³/mol. The van der Waals surface area contributed by atoms with Crippen LogP contribution in [0.25, 0.3) is 10.9 Å². The molecule has 1 unspecified atom stereocenters. The number of fused-ring (bicyclic) bond motifs is 1. The summed E-state index contributed by atoms with van der Waals surface area (Å²) in [6.07, 6.45) is 5.82.